The van der Waals surface area contributed by atoms with Crippen molar-refractivity contribution in [3.63, 3.8) is 0 Å². The number of piperazine rings is 1. The van der Waals surface area contributed by atoms with Crippen molar-refractivity contribution < 1.29 is 28.2 Å². The molecule has 2 fully saturated rings. The highest BCUT2D eigenvalue weighted by Crippen LogP contribution is 2.29. The van der Waals surface area contributed by atoms with E-state index in [4.69, 9.17) is 9.47 Å². The second kappa shape index (κ2) is 12.3. The van der Waals surface area contributed by atoms with Gasteiger partial charge in [0.25, 0.3) is 5.91 Å². The second-order valence-corrected chi connectivity index (χ2v) is 19.1. The van der Waals surface area contributed by atoms with Crippen molar-refractivity contribution in [1.29, 1.82) is 0 Å². The minimum atomic E-state index is -1.35. The summed E-state index contributed by atoms with van der Waals surface area (Å²) < 4.78 is 29.4. The summed E-state index contributed by atoms with van der Waals surface area (Å²) in [6, 6.07) is 3.06. The van der Waals surface area contributed by atoms with E-state index in [1.807, 2.05) is 20.8 Å². The van der Waals surface area contributed by atoms with Crippen molar-refractivity contribution in [3.05, 3.63) is 34.0 Å². The number of amides is 3. The number of piperidine rings is 1. The Hall–Kier alpha value is -3.03. The van der Waals surface area contributed by atoms with Crippen LogP contribution in [0.3, 0.4) is 0 Å². The zero-order valence-electron chi connectivity index (χ0n) is 25.9. The van der Waals surface area contributed by atoms with Crippen LogP contribution in [0.1, 0.15) is 45.2 Å². The van der Waals surface area contributed by atoms with E-state index in [2.05, 4.69) is 24.5 Å². The molecule has 3 heterocycles. The van der Waals surface area contributed by atoms with Gasteiger partial charge >= 0.3 is 11.8 Å². The van der Waals surface area contributed by atoms with Crippen LogP contribution < -0.4 is 5.69 Å². The molecule has 13 heteroatoms. The van der Waals surface area contributed by atoms with Crippen LogP contribution in [-0.4, -0.2) is 94.9 Å². The summed E-state index contributed by atoms with van der Waals surface area (Å²) in [5.74, 6) is -1.51. The molecule has 0 bridgehead atoms. The van der Waals surface area contributed by atoms with Gasteiger partial charge in [0.1, 0.15) is 29.7 Å². The Morgan fingerprint density at radius 2 is 1.74 bits per heavy atom. The number of halogens is 1. The van der Waals surface area contributed by atoms with Gasteiger partial charge in [-0.1, -0.05) is 19.6 Å². The van der Waals surface area contributed by atoms with E-state index in [1.54, 1.807) is 18.0 Å². The molecule has 0 spiro atoms. The lowest BCUT2D eigenvalue weighted by molar-refractivity contribution is -0.157. The maximum Gasteiger partial charge on any atom is 0.410 e. The van der Waals surface area contributed by atoms with Crippen LogP contribution in [0, 0.1) is 5.82 Å². The Kier molecular flexibility index (Phi) is 9.33. The van der Waals surface area contributed by atoms with Crippen LogP contribution in [0.15, 0.2) is 16.9 Å². The van der Waals surface area contributed by atoms with E-state index in [0.29, 0.717) is 50.4 Å². The van der Waals surface area contributed by atoms with E-state index in [0.717, 1.165) is 10.9 Å². The maximum atomic E-state index is 15.7. The van der Waals surface area contributed by atoms with Crippen molar-refractivity contribution in [3.8, 4) is 0 Å². The van der Waals surface area contributed by atoms with Gasteiger partial charge in [-0.15, -0.1) is 0 Å². The van der Waals surface area contributed by atoms with Crippen molar-refractivity contribution in [2.45, 2.75) is 77.5 Å². The summed E-state index contributed by atoms with van der Waals surface area (Å²) in [7, 11) is 0.208. The third-order valence-electron chi connectivity index (χ3n) is 7.64. The van der Waals surface area contributed by atoms with E-state index >= 15 is 4.39 Å². The molecule has 3 amide bonds. The highest BCUT2D eigenvalue weighted by Gasteiger charge is 2.38. The zero-order valence-corrected chi connectivity index (χ0v) is 26.9. The van der Waals surface area contributed by atoms with Crippen molar-refractivity contribution in [2.75, 3.05) is 39.5 Å². The highest BCUT2D eigenvalue weighted by molar-refractivity contribution is 6.76. The molecule has 2 aliphatic rings. The van der Waals surface area contributed by atoms with Gasteiger partial charge in [0.2, 0.25) is 5.91 Å². The lowest BCUT2D eigenvalue weighted by Gasteiger charge is -2.35. The van der Waals surface area contributed by atoms with Crippen LogP contribution >= 0.6 is 0 Å². The predicted molar refractivity (Wildman–Crippen MR) is 159 cm³/mol. The Labute approximate surface area is 247 Å². The molecule has 1 aromatic carbocycles. The van der Waals surface area contributed by atoms with Crippen LogP contribution in [0.5, 0.6) is 0 Å². The molecule has 2 aromatic rings. The number of fused-ring (bicyclic) bond motifs is 1. The zero-order chi connectivity index (χ0) is 31.0. The van der Waals surface area contributed by atoms with Crippen molar-refractivity contribution in [2.24, 2.45) is 7.05 Å². The number of carbonyl (C=O) groups excluding carboxylic acids is 3. The number of imide groups is 1. The molecule has 1 atom stereocenters. The molecule has 2 aliphatic heterocycles. The Morgan fingerprint density at radius 1 is 1.07 bits per heavy atom. The summed E-state index contributed by atoms with van der Waals surface area (Å²) in [4.78, 5) is 56.6. The summed E-state index contributed by atoms with van der Waals surface area (Å²) >= 11 is 0. The summed E-state index contributed by atoms with van der Waals surface area (Å²) in [5, 5.41) is 0. The number of aromatic nitrogens is 2. The molecular weight excluding hydrogens is 561 g/mol. The third kappa shape index (κ3) is 7.29. The molecule has 232 valence electrons. The fourth-order valence-electron chi connectivity index (χ4n) is 5.28. The van der Waals surface area contributed by atoms with Gasteiger partial charge in [-0.25, -0.2) is 14.0 Å². The van der Waals surface area contributed by atoms with E-state index in [9.17, 15) is 19.2 Å². The molecule has 11 nitrogen and oxygen atoms in total. The van der Waals surface area contributed by atoms with Crippen molar-refractivity contribution >= 4 is 37.0 Å². The van der Waals surface area contributed by atoms with Crippen LogP contribution in [-0.2, 0) is 32.7 Å². The summed E-state index contributed by atoms with van der Waals surface area (Å²) in [6.07, 6.45) is -0.168. The van der Waals surface area contributed by atoms with Gasteiger partial charge in [-0.05, 0) is 50.9 Å². The number of aryl methyl sites for hydroxylation is 1. The first-order valence-corrected chi connectivity index (χ1v) is 18.3. The van der Waals surface area contributed by atoms with Gasteiger partial charge in [-0.3, -0.25) is 28.5 Å². The summed E-state index contributed by atoms with van der Waals surface area (Å²) in [6.45, 7) is 15.0. The number of hydrogen-bond donors (Lipinski definition) is 0. The monoisotopic (exact) mass is 605 g/mol. The first-order chi connectivity index (χ1) is 19.6. The number of hydrogen-bond acceptors (Lipinski definition) is 7. The lowest BCUT2D eigenvalue weighted by atomic mass is 10.0. The highest BCUT2D eigenvalue weighted by atomic mass is 28.3. The third-order valence-corrected chi connectivity index (χ3v) is 9.34. The average molecular weight is 606 g/mol. The second-order valence-electron chi connectivity index (χ2n) is 13.5. The molecule has 0 saturated carbocycles. The van der Waals surface area contributed by atoms with E-state index < -0.39 is 37.1 Å². The molecule has 1 unspecified atom stereocenters. The minimum absolute atomic E-state index is 0.0493. The molecule has 0 aliphatic carbocycles. The van der Waals surface area contributed by atoms with Crippen molar-refractivity contribution in [1.82, 2.24) is 23.8 Å². The number of imidazole rings is 1. The largest absolute Gasteiger partial charge is 0.444 e. The first kappa shape index (κ1) is 31.9. The van der Waals surface area contributed by atoms with Crippen LogP contribution in [0.4, 0.5) is 9.18 Å². The maximum absolute atomic E-state index is 15.7. The number of rotatable bonds is 8. The molecule has 2 saturated heterocycles. The van der Waals surface area contributed by atoms with Crippen LogP contribution in [0.2, 0.25) is 25.7 Å². The smallest absolute Gasteiger partial charge is 0.410 e. The normalized spacial score (nSPS) is 19.2. The standard InChI is InChI=1S/C29H44FN5O6Si/c1-29(2,3)41-28(39)33-12-10-32(11-13-33)18-20-16-21(30)25-23(17-20)31(4)27(38)35(25)22-8-9-24(36)34(26(22)37)19-40-14-15-42(5,6)7/h16-17,22H,8-15,18-19H2,1-7H3. The van der Waals surface area contributed by atoms with Gasteiger partial charge in [0.15, 0.2) is 0 Å². The fraction of sp³-hybridized carbons (Fsp3) is 0.655. The Balaban J connectivity index is 1.49. The number of likely N-dealkylation sites (tertiary alicyclic amines) is 1. The number of carbonyl (C=O) groups is 3. The molecule has 4 rings (SSSR count). The van der Waals surface area contributed by atoms with Gasteiger partial charge < -0.3 is 14.4 Å². The number of nitrogens with zero attached hydrogens (tertiary/aromatic N) is 5. The van der Waals surface area contributed by atoms with Gasteiger partial charge in [-0.2, -0.15) is 0 Å². The molecule has 1 aromatic heterocycles. The average Bonchev–Trinajstić information content (AvgIpc) is 3.12. The predicted octanol–water partition coefficient (Wildman–Crippen LogP) is 3.53. The molecule has 42 heavy (non-hydrogen) atoms. The Bertz CT molecular complexity index is 1400. The van der Waals surface area contributed by atoms with E-state index in [-0.39, 0.29) is 37.1 Å². The van der Waals surface area contributed by atoms with E-state index in [1.165, 1.54) is 15.2 Å². The summed E-state index contributed by atoms with van der Waals surface area (Å²) in [5.41, 5.74) is 0.0312. The van der Waals surface area contributed by atoms with Gasteiger partial charge in [0, 0.05) is 60.9 Å². The lowest BCUT2D eigenvalue weighted by Crippen LogP contribution is -2.49. The Morgan fingerprint density at radius 3 is 2.36 bits per heavy atom. The molecule has 0 N–H and O–H groups in total. The SMILES string of the molecule is Cn1c(=O)n(C2CCC(=O)N(COCC[Si](C)(C)C)C2=O)c2c(F)cc(CN3CCN(C(=O)OC(C)(C)C)CC3)cc21. The van der Waals surface area contributed by atoms with Gasteiger partial charge in [0.05, 0.1) is 5.52 Å². The number of ether oxygens (including phenoxy) is 2. The molecule has 0 radical (unpaired) electrons. The number of benzene rings is 1. The first-order valence-electron chi connectivity index (χ1n) is 14.6. The fourth-order valence-corrected chi connectivity index (χ4v) is 6.03. The minimum Gasteiger partial charge on any atom is -0.444 e. The quantitative estimate of drug-likeness (QED) is 0.258. The molecular formula is C29H44FN5O6Si. The topological polar surface area (TPSA) is 106 Å². The van der Waals surface area contributed by atoms with Crippen LogP contribution in [0.25, 0.3) is 11.0 Å².